The van der Waals surface area contributed by atoms with Gasteiger partial charge in [-0.05, 0) is 38.5 Å². The summed E-state index contributed by atoms with van der Waals surface area (Å²) in [5.74, 6) is 0.537. The number of ether oxygens (including phenoxy) is 1. The summed E-state index contributed by atoms with van der Waals surface area (Å²) in [7, 11) is -1.46. The zero-order valence-corrected chi connectivity index (χ0v) is 18.7. The first-order valence-electron chi connectivity index (χ1n) is 8.29. The highest BCUT2D eigenvalue weighted by molar-refractivity contribution is 14.0. The molecule has 0 spiro atoms. The fraction of sp³-hybridized carbons (Fsp3) is 0.588. The molecule has 1 N–H and O–H groups in total. The largest absolute Gasteiger partial charge is 0.491 e. The number of aliphatic imine (C=N–C) groups is 1. The van der Waals surface area contributed by atoms with Crippen molar-refractivity contribution in [3.8, 4) is 5.75 Å². The predicted octanol–water partition coefficient (Wildman–Crippen LogP) is 2.43. The Balaban J connectivity index is 0.00000338. The molecule has 1 saturated heterocycles. The van der Waals surface area contributed by atoms with Crippen LogP contribution < -0.4 is 10.1 Å². The van der Waals surface area contributed by atoms with Crippen LogP contribution in [0.2, 0.25) is 0 Å². The van der Waals surface area contributed by atoms with Crippen molar-refractivity contribution in [2.24, 2.45) is 4.99 Å². The van der Waals surface area contributed by atoms with Crippen molar-refractivity contribution >= 4 is 39.8 Å². The van der Waals surface area contributed by atoms with E-state index in [1.807, 2.05) is 4.90 Å². The lowest BCUT2D eigenvalue weighted by molar-refractivity contribution is 0.321. The minimum absolute atomic E-state index is 0. The zero-order valence-electron chi connectivity index (χ0n) is 15.6. The Labute approximate surface area is 172 Å². The molecule has 0 radical (unpaired) electrons. The molecule has 148 valence electrons. The van der Waals surface area contributed by atoms with Crippen LogP contribution in [0.3, 0.4) is 0 Å². The molecule has 1 heterocycles. The number of hydrogen-bond donors (Lipinski definition) is 1. The van der Waals surface area contributed by atoms with Crippen molar-refractivity contribution in [2.75, 3.05) is 32.5 Å². The molecule has 0 amide bonds. The average Bonchev–Trinajstić information content (AvgIpc) is 2.54. The first-order chi connectivity index (χ1) is 11.7. The van der Waals surface area contributed by atoms with Gasteiger partial charge in [-0.15, -0.1) is 24.0 Å². The maximum absolute atomic E-state index is 13.9. The van der Waals surface area contributed by atoms with Gasteiger partial charge in [0.2, 0.25) is 0 Å². The molecule has 0 aliphatic carbocycles. The van der Waals surface area contributed by atoms with Gasteiger partial charge in [-0.3, -0.25) is 4.99 Å². The highest BCUT2D eigenvalue weighted by atomic mass is 127. The van der Waals surface area contributed by atoms with Crippen LogP contribution in [-0.4, -0.2) is 56.5 Å². The lowest BCUT2D eigenvalue weighted by atomic mass is 10.2. The molecule has 26 heavy (non-hydrogen) atoms. The van der Waals surface area contributed by atoms with Crippen molar-refractivity contribution in [2.45, 2.75) is 32.1 Å². The maximum Gasteiger partial charge on any atom is 0.193 e. The van der Waals surface area contributed by atoms with Crippen LogP contribution in [0, 0.1) is 5.82 Å². The van der Waals surface area contributed by atoms with E-state index in [4.69, 9.17) is 4.74 Å². The molecule has 1 aromatic rings. The Morgan fingerprint density at radius 2 is 2.12 bits per heavy atom. The average molecular weight is 499 g/mol. The summed E-state index contributed by atoms with van der Waals surface area (Å²) in [4.78, 5) is 6.15. The standard InChI is InChI=1S/C17H26FN3O3S.HI/c1-5-24-15-7-6-13(10-14(15)18)11-20-16(19-4)21-8-9-25(22,23)17(2,3)12-21;/h6-7,10H,5,8-9,11-12H2,1-4H3,(H,19,20);1H. The highest BCUT2D eigenvalue weighted by Gasteiger charge is 2.40. The quantitative estimate of drug-likeness (QED) is 0.392. The number of hydrogen-bond acceptors (Lipinski definition) is 4. The van der Waals surface area contributed by atoms with Crippen molar-refractivity contribution in [3.05, 3.63) is 29.6 Å². The van der Waals surface area contributed by atoms with Crippen molar-refractivity contribution in [1.82, 2.24) is 10.2 Å². The smallest absolute Gasteiger partial charge is 0.193 e. The Morgan fingerprint density at radius 1 is 1.42 bits per heavy atom. The molecule has 1 aromatic carbocycles. The van der Waals surface area contributed by atoms with Gasteiger partial charge >= 0.3 is 0 Å². The topological polar surface area (TPSA) is 71.0 Å². The van der Waals surface area contributed by atoms with Gasteiger partial charge in [-0.2, -0.15) is 0 Å². The van der Waals surface area contributed by atoms with Crippen LogP contribution in [0.1, 0.15) is 26.3 Å². The molecule has 0 atom stereocenters. The van der Waals surface area contributed by atoms with Gasteiger partial charge in [-0.1, -0.05) is 6.07 Å². The number of nitrogens with zero attached hydrogens (tertiary/aromatic N) is 2. The second-order valence-corrected chi connectivity index (χ2v) is 9.34. The fourth-order valence-corrected chi connectivity index (χ4v) is 4.13. The molecule has 1 aliphatic heterocycles. The number of halogens is 2. The van der Waals surface area contributed by atoms with E-state index in [2.05, 4.69) is 10.3 Å². The molecule has 1 fully saturated rings. The second-order valence-electron chi connectivity index (χ2n) is 6.60. The van der Waals surface area contributed by atoms with Crippen LogP contribution >= 0.6 is 24.0 Å². The fourth-order valence-electron chi connectivity index (χ4n) is 2.76. The van der Waals surface area contributed by atoms with Gasteiger partial charge in [-0.25, -0.2) is 12.8 Å². The predicted molar refractivity (Wildman–Crippen MR) is 113 cm³/mol. The van der Waals surface area contributed by atoms with E-state index in [0.717, 1.165) is 5.56 Å². The van der Waals surface area contributed by atoms with Gasteiger partial charge in [0.1, 0.15) is 0 Å². The highest BCUT2D eigenvalue weighted by Crippen LogP contribution is 2.24. The SMILES string of the molecule is CCOc1ccc(CNC(=NC)N2CCS(=O)(=O)C(C)(C)C2)cc1F.I. The van der Waals surface area contributed by atoms with E-state index in [1.54, 1.807) is 40.0 Å². The Bertz CT molecular complexity index is 754. The molecule has 0 unspecified atom stereocenters. The van der Waals surface area contributed by atoms with Gasteiger partial charge in [0.05, 0.1) is 17.1 Å². The first-order valence-corrected chi connectivity index (χ1v) is 9.94. The van der Waals surface area contributed by atoms with Crippen molar-refractivity contribution in [3.63, 3.8) is 0 Å². The molecule has 0 aromatic heterocycles. The Morgan fingerprint density at radius 3 is 2.65 bits per heavy atom. The number of sulfone groups is 1. The third-order valence-corrected chi connectivity index (χ3v) is 6.83. The van der Waals surface area contributed by atoms with Crippen molar-refractivity contribution in [1.29, 1.82) is 0 Å². The number of benzene rings is 1. The lowest BCUT2D eigenvalue weighted by Gasteiger charge is -2.39. The summed E-state index contributed by atoms with van der Waals surface area (Å²) in [5.41, 5.74) is 0.756. The molecule has 2 rings (SSSR count). The summed E-state index contributed by atoms with van der Waals surface area (Å²) >= 11 is 0. The van der Waals surface area contributed by atoms with Gasteiger partial charge in [0.25, 0.3) is 0 Å². The van der Waals surface area contributed by atoms with E-state index < -0.39 is 20.4 Å². The Hall–Kier alpha value is -1.10. The minimum atomic E-state index is -3.11. The number of nitrogens with one attached hydrogen (secondary N) is 1. The van der Waals surface area contributed by atoms with E-state index in [-0.39, 0.29) is 35.5 Å². The van der Waals surface area contributed by atoms with Crippen LogP contribution in [0.5, 0.6) is 5.75 Å². The first kappa shape index (κ1) is 22.9. The monoisotopic (exact) mass is 499 g/mol. The number of rotatable bonds is 4. The molecule has 0 saturated carbocycles. The minimum Gasteiger partial charge on any atom is -0.491 e. The molecule has 6 nitrogen and oxygen atoms in total. The molecular formula is C17H27FIN3O3S. The molecule has 9 heteroatoms. The van der Waals surface area contributed by atoms with Crippen LogP contribution in [0.15, 0.2) is 23.2 Å². The van der Waals surface area contributed by atoms with E-state index in [0.29, 0.717) is 32.2 Å². The summed E-state index contributed by atoms with van der Waals surface area (Å²) < 4.78 is 42.5. The van der Waals surface area contributed by atoms with Crippen LogP contribution in [-0.2, 0) is 16.4 Å². The van der Waals surface area contributed by atoms with E-state index in [9.17, 15) is 12.8 Å². The molecule has 1 aliphatic rings. The Kier molecular flexibility index (Phi) is 8.12. The second kappa shape index (κ2) is 9.20. The van der Waals surface area contributed by atoms with E-state index >= 15 is 0 Å². The molecular weight excluding hydrogens is 472 g/mol. The normalized spacial score (nSPS) is 18.8. The summed E-state index contributed by atoms with van der Waals surface area (Å²) in [5, 5.41) is 3.17. The summed E-state index contributed by atoms with van der Waals surface area (Å²) in [6.07, 6.45) is 0. The van der Waals surface area contributed by atoms with Crippen LogP contribution in [0.25, 0.3) is 0 Å². The van der Waals surface area contributed by atoms with Gasteiger partial charge in [0.15, 0.2) is 27.4 Å². The maximum atomic E-state index is 13.9. The van der Waals surface area contributed by atoms with Crippen molar-refractivity contribution < 1.29 is 17.5 Å². The van der Waals surface area contributed by atoms with Crippen LogP contribution in [0.4, 0.5) is 4.39 Å². The zero-order chi connectivity index (χ0) is 18.7. The third kappa shape index (κ3) is 5.21. The third-order valence-electron chi connectivity index (χ3n) is 4.30. The summed E-state index contributed by atoms with van der Waals surface area (Å²) in [6, 6.07) is 4.82. The van der Waals surface area contributed by atoms with E-state index in [1.165, 1.54) is 6.07 Å². The summed E-state index contributed by atoms with van der Waals surface area (Å²) in [6.45, 7) is 6.82. The molecule has 0 bridgehead atoms. The van der Waals surface area contributed by atoms with Gasteiger partial charge < -0.3 is 15.0 Å². The lowest BCUT2D eigenvalue weighted by Crippen LogP contribution is -2.57. The van der Waals surface area contributed by atoms with Gasteiger partial charge in [0, 0.05) is 26.7 Å². The number of guanidine groups is 1.